The first kappa shape index (κ1) is 10.9. The van der Waals surface area contributed by atoms with E-state index in [9.17, 15) is 9.59 Å². The van der Waals surface area contributed by atoms with E-state index in [-0.39, 0.29) is 11.3 Å². The molecule has 0 aromatic carbocycles. The Morgan fingerprint density at radius 1 is 1.57 bits per heavy atom. The van der Waals surface area contributed by atoms with Gasteiger partial charge in [-0.3, -0.25) is 9.59 Å². The maximum atomic E-state index is 11.3. The lowest BCUT2D eigenvalue weighted by atomic mass is 10.2. The molecule has 1 aromatic rings. The lowest BCUT2D eigenvalue weighted by Gasteiger charge is -2.06. The SMILES string of the molecule is CC(C)Cn1nc(C(=O)Cl)ccc1=O. The van der Waals surface area contributed by atoms with Crippen molar-refractivity contribution in [3.63, 3.8) is 0 Å². The van der Waals surface area contributed by atoms with Crippen LogP contribution in [0, 0.1) is 5.92 Å². The van der Waals surface area contributed by atoms with Crippen LogP contribution in [-0.2, 0) is 6.54 Å². The summed E-state index contributed by atoms with van der Waals surface area (Å²) in [6, 6.07) is 2.62. The topological polar surface area (TPSA) is 52.0 Å². The van der Waals surface area contributed by atoms with Crippen LogP contribution in [0.25, 0.3) is 0 Å². The molecule has 0 radical (unpaired) electrons. The van der Waals surface area contributed by atoms with Gasteiger partial charge in [0.05, 0.1) is 0 Å². The second kappa shape index (κ2) is 4.37. The molecule has 0 aliphatic carbocycles. The fourth-order valence-electron chi connectivity index (χ4n) is 1.03. The molecule has 1 aromatic heterocycles. The maximum Gasteiger partial charge on any atom is 0.272 e. The Kier molecular flexibility index (Phi) is 3.41. The van der Waals surface area contributed by atoms with Crippen molar-refractivity contribution >= 4 is 16.8 Å². The van der Waals surface area contributed by atoms with E-state index in [2.05, 4.69) is 5.10 Å². The number of hydrogen-bond donors (Lipinski definition) is 0. The number of rotatable bonds is 3. The second-order valence-electron chi connectivity index (χ2n) is 3.41. The number of carbonyl (C=O) groups is 1. The summed E-state index contributed by atoms with van der Waals surface area (Å²) < 4.78 is 1.25. The predicted octanol–water partition coefficient (Wildman–Crippen LogP) is 1.28. The molecule has 76 valence electrons. The lowest BCUT2D eigenvalue weighted by Crippen LogP contribution is -2.25. The molecular formula is C9H11ClN2O2. The number of carbonyl (C=O) groups excluding carboxylic acids is 1. The summed E-state index contributed by atoms with van der Waals surface area (Å²) in [5, 5.41) is 3.18. The van der Waals surface area contributed by atoms with Gasteiger partial charge in [-0.2, -0.15) is 5.10 Å². The molecule has 1 rings (SSSR count). The van der Waals surface area contributed by atoms with E-state index < -0.39 is 5.24 Å². The summed E-state index contributed by atoms with van der Waals surface area (Å²) in [4.78, 5) is 22.1. The molecule has 0 amide bonds. The van der Waals surface area contributed by atoms with Gasteiger partial charge in [0.15, 0.2) is 0 Å². The average Bonchev–Trinajstić information content (AvgIpc) is 2.07. The van der Waals surface area contributed by atoms with Crippen LogP contribution in [0.2, 0.25) is 0 Å². The number of halogens is 1. The summed E-state index contributed by atoms with van der Waals surface area (Å²) in [5.41, 5.74) is -0.118. The van der Waals surface area contributed by atoms with Gasteiger partial charge in [0.25, 0.3) is 10.8 Å². The summed E-state index contributed by atoms with van der Waals surface area (Å²) >= 11 is 5.25. The molecule has 0 fully saturated rings. The Morgan fingerprint density at radius 2 is 2.21 bits per heavy atom. The van der Waals surface area contributed by atoms with Crippen LogP contribution in [0.4, 0.5) is 0 Å². The third-order valence-corrected chi connectivity index (χ3v) is 1.80. The first-order valence-electron chi connectivity index (χ1n) is 4.28. The second-order valence-corrected chi connectivity index (χ2v) is 3.75. The van der Waals surface area contributed by atoms with Crippen molar-refractivity contribution in [3.8, 4) is 0 Å². The van der Waals surface area contributed by atoms with E-state index >= 15 is 0 Å². The van der Waals surface area contributed by atoms with Gasteiger partial charge < -0.3 is 0 Å². The number of hydrogen-bond acceptors (Lipinski definition) is 3. The zero-order valence-electron chi connectivity index (χ0n) is 8.03. The van der Waals surface area contributed by atoms with Gasteiger partial charge in [0.2, 0.25) is 0 Å². The molecule has 0 saturated heterocycles. The van der Waals surface area contributed by atoms with Gasteiger partial charge in [-0.05, 0) is 23.6 Å². The molecule has 0 unspecified atom stereocenters. The number of aromatic nitrogens is 2. The zero-order chi connectivity index (χ0) is 10.7. The van der Waals surface area contributed by atoms with E-state index in [0.717, 1.165) is 0 Å². The highest BCUT2D eigenvalue weighted by Gasteiger charge is 2.07. The van der Waals surface area contributed by atoms with Gasteiger partial charge in [0.1, 0.15) is 5.69 Å². The molecule has 0 spiro atoms. The fourth-order valence-corrected chi connectivity index (χ4v) is 1.13. The van der Waals surface area contributed by atoms with Crippen molar-refractivity contribution in [2.45, 2.75) is 20.4 Å². The Bertz CT molecular complexity index is 398. The highest BCUT2D eigenvalue weighted by molar-refractivity contribution is 6.67. The van der Waals surface area contributed by atoms with E-state index in [1.54, 1.807) is 0 Å². The fraction of sp³-hybridized carbons (Fsp3) is 0.444. The van der Waals surface area contributed by atoms with Crippen molar-refractivity contribution in [2.24, 2.45) is 5.92 Å². The van der Waals surface area contributed by atoms with Crippen molar-refractivity contribution < 1.29 is 4.79 Å². The molecule has 4 nitrogen and oxygen atoms in total. The first-order chi connectivity index (χ1) is 6.50. The van der Waals surface area contributed by atoms with Gasteiger partial charge >= 0.3 is 0 Å². The van der Waals surface area contributed by atoms with E-state index in [0.29, 0.717) is 12.5 Å². The van der Waals surface area contributed by atoms with Crippen LogP contribution in [-0.4, -0.2) is 15.0 Å². The monoisotopic (exact) mass is 214 g/mol. The molecule has 0 saturated carbocycles. The Morgan fingerprint density at radius 3 is 2.71 bits per heavy atom. The smallest absolute Gasteiger partial charge is 0.272 e. The summed E-state index contributed by atoms with van der Waals surface area (Å²) in [5.74, 6) is 0.292. The third kappa shape index (κ3) is 2.67. The molecule has 0 aliphatic rings. The van der Waals surface area contributed by atoms with Crippen molar-refractivity contribution in [3.05, 3.63) is 28.2 Å². The van der Waals surface area contributed by atoms with E-state index in [4.69, 9.17) is 11.6 Å². The molecule has 0 atom stereocenters. The normalized spacial score (nSPS) is 10.6. The molecule has 5 heteroatoms. The molecule has 14 heavy (non-hydrogen) atoms. The van der Waals surface area contributed by atoms with Gasteiger partial charge in [-0.25, -0.2) is 4.68 Å². The Balaban J connectivity index is 3.08. The molecule has 1 heterocycles. The standard InChI is InChI=1S/C9H11ClN2O2/c1-6(2)5-12-8(13)4-3-7(11-12)9(10)14/h3-4,6H,5H2,1-2H3. The van der Waals surface area contributed by atoms with Crippen molar-refractivity contribution in [1.82, 2.24) is 9.78 Å². The highest BCUT2D eigenvalue weighted by atomic mass is 35.5. The summed E-state index contributed by atoms with van der Waals surface area (Å²) in [6.07, 6.45) is 0. The van der Waals surface area contributed by atoms with Crippen LogP contribution in [0.3, 0.4) is 0 Å². The van der Waals surface area contributed by atoms with Crippen LogP contribution >= 0.6 is 11.6 Å². The van der Waals surface area contributed by atoms with Gasteiger partial charge in [-0.1, -0.05) is 13.8 Å². The zero-order valence-corrected chi connectivity index (χ0v) is 8.78. The number of nitrogens with zero attached hydrogens (tertiary/aromatic N) is 2. The quantitative estimate of drug-likeness (QED) is 0.713. The third-order valence-electron chi connectivity index (χ3n) is 1.61. The molecule has 0 N–H and O–H groups in total. The minimum Gasteiger partial charge on any atom is -0.274 e. The Hall–Kier alpha value is -1.16. The van der Waals surface area contributed by atoms with Gasteiger partial charge in [-0.15, -0.1) is 0 Å². The summed E-state index contributed by atoms with van der Waals surface area (Å²) in [6.45, 7) is 4.41. The molecule has 0 aliphatic heterocycles. The average molecular weight is 215 g/mol. The van der Waals surface area contributed by atoms with E-state index in [1.807, 2.05) is 13.8 Å². The van der Waals surface area contributed by atoms with E-state index in [1.165, 1.54) is 16.8 Å². The maximum absolute atomic E-state index is 11.3. The van der Waals surface area contributed by atoms with Crippen molar-refractivity contribution in [2.75, 3.05) is 0 Å². The van der Waals surface area contributed by atoms with Gasteiger partial charge in [0, 0.05) is 12.6 Å². The lowest BCUT2D eigenvalue weighted by molar-refractivity contribution is 0.107. The first-order valence-corrected chi connectivity index (χ1v) is 4.66. The molecule has 0 bridgehead atoms. The van der Waals surface area contributed by atoms with Crippen LogP contribution in [0.1, 0.15) is 24.3 Å². The largest absolute Gasteiger partial charge is 0.274 e. The van der Waals surface area contributed by atoms with Crippen LogP contribution in [0.15, 0.2) is 16.9 Å². The Labute approximate surface area is 86.5 Å². The van der Waals surface area contributed by atoms with Crippen LogP contribution < -0.4 is 5.56 Å². The molecular weight excluding hydrogens is 204 g/mol. The van der Waals surface area contributed by atoms with Crippen LogP contribution in [0.5, 0.6) is 0 Å². The minimum absolute atomic E-state index is 0.104. The highest BCUT2D eigenvalue weighted by Crippen LogP contribution is 1.98. The van der Waals surface area contributed by atoms with Crippen molar-refractivity contribution in [1.29, 1.82) is 0 Å². The minimum atomic E-state index is -0.650. The predicted molar refractivity (Wildman–Crippen MR) is 53.5 cm³/mol. The summed E-state index contributed by atoms with van der Waals surface area (Å²) in [7, 11) is 0.